The van der Waals surface area contributed by atoms with Crippen LogP contribution in [0.25, 0.3) is 0 Å². The number of nitrogens with zero attached hydrogens (tertiary/aromatic N) is 1. The fraction of sp³-hybridized carbons (Fsp3) is 0.529. The Balaban J connectivity index is 1.99. The fourth-order valence-electron chi connectivity index (χ4n) is 2.84. The van der Waals surface area contributed by atoms with Crippen molar-refractivity contribution in [3.63, 3.8) is 0 Å². The minimum Gasteiger partial charge on any atom is -0.371 e. The van der Waals surface area contributed by atoms with Gasteiger partial charge in [0.2, 0.25) is 5.91 Å². The Morgan fingerprint density at radius 3 is 2.52 bits per heavy atom. The zero-order chi connectivity index (χ0) is 15.2. The number of ketones is 1. The second-order valence-corrected chi connectivity index (χ2v) is 5.66. The molecule has 0 radical (unpaired) electrons. The molecule has 1 aliphatic rings. The molecule has 1 heterocycles. The number of hydrogen-bond donors (Lipinski definition) is 1. The Hall–Kier alpha value is -1.84. The first-order valence-corrected chi connectivity index (χ1v) is 7.73. The molecule has 0 saturated carbocycles. The summed E-state index contributed by atoms with van der Waals surface area (Å²) in [4.78, 5) is 25.3. The highest BCUT2D eigenvalue weighted by Gasteiger charge is 2.22. The summed E-state index contributed by atoms with van der Waals surface area (Å²) in [6.45, 7) is 6.11. The second-order valence-electron chi connectivity index (χ2n) is 5.66. The van der Waals surface area contributed by atoms with Gasteiger partial charge in [-0.2, -0.15) is 0 Å². The highest BCUT2D eigenvalue weighted by Crippen LogP contribution is 2.27. The van der Waals surface area contributed by atoms with E-state index in [4.69, 9.17) is 0 Å². The Bertz CT molecular complexity index is 505. The number of amides is 1. The lowest BCUT2D eigenvalue weighted by Gasteiger charge is -2.34. The number of carbonyl (C=O) groups is 2. The highest BCUT2D eigenvalue weighted by atomic mass is 16.1. The summed E-state index contributed by atoms with van der Waals surface area (Å²) in [6, 6.07) is 7.88. The van der Waals surface area contributed by atoms with Gasteiger partial charge < -0.3 is 10.2 Å². The monoisotopic (exact) mass is 288 g/mol. The molecule has 1 fully saturated rings. The van der Waals surface area contributed by atoms with Gasteiger partial charge in [-0.1, -0.05) is 19.1 Å². The van der Waals surface area contributed by atoms with Gasteiger partial charge in [-0.25, -0.2) is 0 Å². The van der Waals surface area contributed by atoms with Crippen molar-refractivity contribution in [3.05, 3.63) is 29.8 Å². The van der Waals surface area contributed by atoms with Gasteiger partial charge >= 0.3 is 0 Å². The number of benzene rings is 1. The summed E-state index contributed by atoms with van der Waals surface area (Å²) in [6.07, 6.45) is 2.64. The van der Waals surface area contributed by atoms with E-state index in [9.17, 15) is 9.59 Å². The smallest absolute Gasteiger partial charge is 0.216 e. The van der Waals surface area contributed by atoms with E-state index in [1.54, 1.807) is 6.92 Å². The third-order valence-electron chi connectivity index (χ3n) is 4.12. The molecular weight excluding hydrogens is 264 g/mol. The van der Waals surface area contributed by atoms with Crippen LogP contribution >= 0.6 is 0 Å². The molecule has 0 aliphatic carbocycles. The molecular formula is C17H24N2O2. The number of rotatable bonds is 5. The van der Waals surface area contributed by atoms with Crippen LogP contribution in [0.1, 0.15) is 43.5 Å². The third-order valence-corrected chi connectivity index (χ3v) is 4.12. The maximum Gasteiger partial charge on any atom is 0.216 e. The van der Waals surface area contributed by atoms with Crippen molar-refractivity contribution in [2.24, 2.45) is 5.92 Å². The lowest BCUT2D eigenvalue weighted by atomic mass is 9.95. The lowest BCUT2D eigenvalue weighted by Crippen LogP contribution is -2.38. The summed E-state index contributed by atoms with van der Waals surface area (Å²) in [5.74, 6) is 0.779. The predicted molar refractivity (Wildman–Crippen MR) is 84.7 cm³/mol. The Kier molecular flexibility index (Phi) is 5.37. The van der Waals surface area contributed by atoms with Gasteiger partial charge in [0.05, 0.1) is 0 Å². The summed E-state index contributed by atoms with van der Waals surface area (Å²) >= 11 is 0. The summed E-state index contributed by atoms with van der Waals surface area (Å²) in [5, 5.41) is 2.90. The van der Waals surface area contributed by atoms with Crippen LogP contribution in [0, 0.1) is 5.92 Å². The van der Waals surface area contributed by atoms with Crippen molar-refractivity contribution in [2.45, 2.75) is 33.1 Å². The Morgan fingerprint density at radius 2 is 1.90 bits per heavy atom. The minimum absolute atomic E-state index is 0.0383. The zero-order valence-corrected chi connectivity index (χ0v) is 12.9. The third kappa shape index (κ3) is 4.06. The van der Waals surface area contributed by atoms with Crippen LogP contribution in [-0.4, -0.2) is 31.3 Å². The van der Waals surface area contributed by atoms with Gasteiger partial charge in [-0.05, 0) is 30.9 Å². The molecule has 4 nitrogen and oxygen atoms in total. The molecule has 1 amide bonds. The number of carbonyl (C=O) groups excluding carboxylic acids is 2. The van der Waals surface area contributed by atoms with Gasteiger partial charge in [0.25, 0.3) is 0 Å². The van der Waals surface area contributed by atoms with Crippen LogP contribution in [0.5, 0.6) is 0 Å². The van der Waals surface area contributed by atoms with Gasteiger partial charge in [0, 0.05) is 44.2 Å². The largest absolute Gasteiger partial charge is 0.371 e. The Morgan fingerprint density at radius 1 is 1.24 bits per heavy atom. The minimum atomic E-state index is 0.0383. The van der Waals surface area contributed by atoms with Crippen LogP contribution < -0.4 is 10.2 Å². The van der Waals surface area contributed by atoms with Crippen molar-refractivity contribution < 1.29 is 9.59 Å². The maximum atomic E-state index is 12.0. The summed E-state index contributed by atoms with van der Waals surface area (Å²) in [7, 11) is 0. The van der Waals surface area contributed by atoms with E-state index in [1.165, 1.54) is 0 Å². The number of nitrogens with one attached hydrogen (secondary N) is 1. The Labute approximate surface area is 126 Å². The normalized spacial score (nSPS) is 15.8. The molecule has 0 bridgehead atoms. The molecule has 4 heteroatoms. The second kappa shape index (κ2) is 7.25. The van der Waals surface area contributed by atoms with E-state index in [2.05, 4.69) is 10.2 Å². The molecule has 1 aliphatic heterocycles. The molecule has 1 saturated heterocycles. The van der Waals surface area contributed by atoms with Crippen LogP contribution in [0.15, 0.2) is 24.3 Å². The average Bonchev–Trinajstić information content (AvgIpc) is 2.52. The quantitative estimate of drug-likeness (QED) is 0.847. The molecule has 0 atom stereocenters. The number of Topliss-reactive ketones (excluding diaryl/α,β-unsaturated/α-hetero) is 1. The van der Waals surface area contributed by atoms with Crippen LogP contribution in [0.3, 0.4) is 0 Å². The van der Waals surface area contributed by atoms with E-state index in [0.717, 1.165) is 43.7 Å². The summed E-state index contributed by atoms with van der Waals surface area (Å²) < 4.78 is 0. The average molecular weight is 288 g/mol. The topological polar surface area (TPSA) is 49.4 Å². The van der Waals surface area contributed by atoms with E-state index in [0.29, 0.717) is 12.3 Å². The van der Waals surface area contributed by atoms with E-state index < -0.39 is 0 Å². The summed E-state index contributed by atoms with van der Waals surface area (Å²) in [5.41, 5.74) is 1.89. The van der Waals surface area contributed by atoms with Crippen molar-refractivity contribution in [1.29, 1.82) is 0 Å². The molecule has 0 unspecified atom stereocenters. The number of anilines is 1. The number of piperidine rings is 1. The molecule has 1 aromatic carbocycles. The molecule has 1 N–H and O–H groups in total. The van der Waals surface area contributed by atoms with Crippen molar-refractivity contribution in [3.8, 4) is 0 Å². The molecule has 21 heavy (non-hydrogen) atoms. The zero-order valence-electron chi connectivity index (χ0n) is 12.9. The molecule has 0 spiro atoms. The predicted octanol–water partition coefficient (Wildman–Crippen LogP) is 2.63. The maximum absolute atomic E-state index is 12.0. The molecule has 2 rings (SSSR count). The lowest BCUT2D eigenvalue weighted by molar-refractivity contribution is -0.119. The first-order valence-electron chi connectivity index (χ1n) is 7.73. The number of para-hydroxylation sites is 1. The standard InChI is InChI=1S/C17H24N2O2/c1-3-17(21)15-6-4-5-7-16(15)19-10-8-14(9-11-19)12-18-13(2)20/h4-7,14H,3,8-12H2,1-2H3,(H,18,20). The SMILES string of the molecule is CCC(=O)c1ccccc1N1CCC(CNC(C)=O)CC1. The van der Waals surface area contributed by atoms with Crippen LogP contribution in [0.2, 0.25) is 0 Å². The highest BCUT2D eigenvalue weighted by molar-refractivity contribution is 6.01. The fourth-order valence-corrected chi connectivity index (χ4v) is 2.84. The van der Waals surface area contributed by atoms with Gasteiger partial charge in [0.1, 0.15) is 0 Å². The van der Waals surface area contributed by atoms with Crippen LogP contribution in [-0.2, 0) is 4.79 Å². The molecule has 114 valence electrons. The van der Waals surface area contributed by atoms with Gasteiger partial charge in [-0.3, -0.25) is 9.59 Å². The van der Waals surface area contributed by atoms with E-state index >= 15 is 0 Å². The van der Waals surface area contributed by atoms with Crippen molar-refractivity contribution in [2.75, 3.05) is 24.5 Å². The van der Waals surface area contributed by atoms with Gasteiger partial charge in [0.15, 0.2) is 5.78 Å². The van der Waals surface area contributed by atoms with Crippen LogP contribution in [0.4, 0.5) is 5.69 Å². The number of hydrogen-bond acceptors (Lipinski definition) is 3. The van der Waals surface area contributed by atoms with Crippen molar-refractivity contribution in [1.82, 2.24) is 5.32 Å². The van der Waals surface area contributed by atoms with Crippen molar-refractivity contribution >= 4 is 17.4 Å². The molecule has 0 aromatic heterocycles. The van der Waals surface area contributed by atoms with E-state index in [-0.39, 0.29) is 11.7 Å². The van der Waals surface area contributed by atoms with E-state index in [1.807, 2.05) is 31.2 Å². The first kappa shape index (κ1) is 15.5. The van der Waals surface area contributed by atoms with Gasteiger partial charge in [-0.15, -0.1) is 0 Å². The molecule has 1 aromatic rings. The first-order chi connectivity index (χ1) is 10.1.